The third kappa shape index (κ3) is 4.37. The van der Waals surface area contributed by atoms with Crippen LogP contribution in [0.25, 0.3) is 5.57 Å². The first kappa shape index (κ1) is 22.3. The zero-order valence-electron chi connectivity index (χ0n) is 18.0. The van der Waals surface area contributed by atoms with Gasteiger partial charge in [0.05, 0.1) is 24.5 Å². The minimum absolute atomic E-state index is 0.0991. The van der Waals surface area contributed by atoms with Gasteiger partial charge in [0.1, 0.15) is 11.4 Å². The summed E-state index contributed by atoms with van der Waals surface area (Å²) in [6.45, 7) is 5.78. The molecule has 0 aliphatic carbocycles. The van der Waals surface area contributed by atoms with Crippen LogP contribution in [0.3, 0.4) is 0 Å². The Balaban J connectivity index is 1.71. The van der Waals surface area contributed by atoms with Crippen molar-refractivity contribution in [3.05, 3.63) is 64.8 Å². The Morgan fingerprint density at radius 1 is 0.938 bits per heavy atom. The van der Waals surface area contributed by atoms with Gasteiger partial charge < -0.3 is 14.7 Å². The molecule has 168 valence electrons. The molecule has 2 heterocycles. The van der Waals surface area contributed by atoms with E-state index in [2.05, 4.69) is 4.90 Å². The molecule has 1 fully saturated rings. The van der Waals surface area contributed by atoms with E-state index in [1.165, 1.54) is 4.90 Å². The first-order valence-electron chi connectivity index (χ1n) is 10.7. The normalized spacial score (nSPS) is 17.5. The van der Waals surface area contributed by atoms with E-state index in [0.717, 1.165) is 0 Å². The maximum Gasteiger partial charge on any atom is 0.282 e. The number of rotatable bonds is 7. The summed E-state index contributed by atoms with van der Waals surface area (Å²) < 4.78 is 5.52. The molecule has 2 aliphatic heterocycles. The lowest BCUT2D eigenvalue weighted by atomic mass is 10.0. The van der Waals surface area contributed by atoms with Crippen molar-refractivity contribution in [1.29, 1.82) is 0 Å². The van der Waals surface area contributed by atoms with Crippen LogP contribution in [0.15, 0.2) is 54.2 Å². The van der Waals surface area contributed by atoms with E-state index in [1.807, 2.05) is 36.1 Å². The largest absolute Gasteiger partial charge is 0.494 e. The van der Waals surface area contributed by atoms with Crippen LogP contribution in [-0.2, 0) is 9.59 Å². The van der Waals surface area contributed by atoms with Crippen molar-refractivity contribution in [2.24, 2.45) is 0 Å². The average molecular weight is 456 g/mol. The van der Waals surface area contributed by atoms with Crippen molar-refractivity contribution >= 4 is 34.7 Å². The van der Waals surface area contributed by atoms with Crippen LogP contribution >= 0.6 is 11.6 Å². The Hall–Kier alpha value is -2.87. The van der Waals surface area contributed by atoms with Crippen molar-refractivity contribution in [3.63, 3.8) is 0 Å². The molecule has 0 aromatic heterocycles. The summed E-state index contributed by atoms with van der Waals surface area (Å²) in [4.78, 5) is 32.4. The zero-order valence-corrected chi connectivity index (χ0v) is 18.7. The summed E-state index contributed by atoms with van der Waals surface area (Å²) in [5.41, 5.74) is 1.97. The molecule has 0 radical (unpaired) electrons. The first-order valence-corrected chi connectivity index (χ1v) is 11.1. The zero-order chi connectivity index (χ0) is 22.7. The Morgan fingerprint density at radius 2 is 1.59 bits per heavy atom. The second-order valence-corrected chi connectivity index (χ2v) is 8.09. The van der Waals surface area contributed by atoms with E-state index < -0.39 is 0 Å². The van der Waals surface area contributed by atoms with Crippen molar-refractivity contribution < 1.29 is 19.4 Å². The number of β-amino-alcohol motifs (C(OH)–C–C–N with tert-alkyl or cyclic N) is 1. The van der Waals surface area contributed by atoms with Gasteiger partial charge in [0.15, 0.2) is 0 Å². The molecule has 1 N–H and O–H groups in total. The number of aliphatic hydroxyl groups is 1. The molecule has 0 unspecified atom stereocenters. The predicted octanol–water partition coefficient (Wildman–Crippen LogP) is 2.63. The Bertz CT molecular complexity index is 1010. The number of imide groups is 1. The molecule has 2 aromatic carbocycles. The van der Waals surface area contributed by atoms with Crippen LogP contribution in [-0.4, -0.2) is 72.7 Å². The number of hydrogen-bond acceptors (Lipinski definition) is 6. The number of ether oxygens (including phenoxy) is 1. The first-order chi connectivity index (χ1) is 15.5. The number of benzene rings is 2. The monoisotopic (exact) mass is 455 g/mol. The lowest BCUT2D eigenvalue weighted by molar-refractivity contribution is -0.120. The number of carbonyl (C=O) groups excluding carboxylic acids is 2. The van der Waals surface area contributed by atoms with Gasteiger partial charge in [-0.05, 0) is 48.9 Å². The number of aliphatic hydroxyl groups excluding tert-OH is 1. The number of hydrogen-bond donors (Lipinski definition) is 1. The molecular formula is C24H26ClN3O4. The van der Waals surface area contributed by atoms with Gasteiger partial charge in [0.2, 0.25) is 0 Å². The van der Waals surface area contributed by atoms with Gasteiger partial charge in [-0.15, -0.1) is 0 Å². The van der Waals surface area contributed by atoms with Crippen LogP contribution in [0.4, 0.5) is 5.69 Å². The standard InChI is InChI=1S/C24H26ClN3O4/c1-2-32-20-9-3-17(4-10-20)21-22(27-13-11-26(12-14-27)15-16-29)24(31)28(23(21)30)19-7-5-18(25)6-8-19/h3-10,29H,2,11-16H2,1H3. The Kier molecular flexibility index (Phi) is 6.79. The van der Waals surface area contributed by atoms with Crippen LogP contribution < -0.4 is 9.64 Å². The minimum atomic E-state index is -0.353. The molecule has 32 heavy (non-hydrogen) atoms. The summed E-state index contributed by atoms with van der Waals surface area (Å²) in [6.07, 6.45) is 0. The van der Waals surface area contributed by atoms with Crippen LogP contribution in [0.1, 0.15) is 12.5 Å². The number of piperazine rings is 1. The number of anilines is 1. The van der Waals surface area contributed by atoms with Gasteiger partial charge in [-0.1, -0.05) is 23.7 Å². The minimum Gasteiger partial charge on any atom is -0.494 e. The van der Waals surface area contributed by atoms with E-state index >= 15 is 0 Å². The molecule has 1 saturated heterocycles. The third-order valence-corrected chi connectivity index (χ3v) is 5.95. The van der Waals surface area contributed by atoms with Gasteiger partial charge in [-0.3, -0.25) is 14.5 Å². The van der Waals surface area contributed by atoms with Crippen molar-refractivity contribution in [3.8, 4) is 5.75 Å². The molecule has 4 rings (SSSR count). The summed E-state index contributed by atoms with van der Waals surface area (Å²) in [7, 11) is 0. The highest BCUT2D eigenvalue weighted by molar-refractivity contribution is 6.45. The molecule has 2 aliphatic rings. The average Bonchev–Trinajstić information content (AvgIpc) is 3.06. The molecule has 7 nitrogen and oxygen atoms in total. The molecule has 8 heteroatoms. The molecule has 0 spiro atoms. The number of carbonyl (C=O) groups is 2. The summed E-state index contributed by atoms with van der Waals surface area (Å²) >= 11 is 6.00. The molecule has 0 saturated carbocycles. The van der Waals surface area contributed by atoms with Gasteiger partial charge in [-0.25, -0.2) is 4.90 Å². The van der Waals surface area contributed by atoms with E-state index in [4.69, 9.17) is 16.3 Å². The highest BCUT2D eigenvalue weighted by atomic mass is 35.5. The van der Waals surface area contributed by atoms with Gasteiger partial charge in [0.25, 0.3) is 11.8 Å². The SMILES string of the molecule is CCOc1ccc(C2=C(N3CCN(CCO)CC3)C(=O)N(c3ccc(Cl)cc3)C2=O)cc1. The molecule has 2 amide bonds. The fourth-order valence-electron chi connectivity index (χ4n) is 4.12. The lowest BCUT2D eigenvalue weighted by Crippen LogP contribution is -2.48. The van der Waals surface area contributed by atoms with E-state index in [9.17, 15) is 14.7 Å². The van der Waals surface area contributed by atoms with Crippen LogP contribution in [0.5, 0.6) is 5.75 Å². The summed E-state index contributed by atoms with van der Waals surface area (Å²) in [5.74, 6) is 0.0217. The quantitative estimate of drug-likeness (QED) is 0.647. The summed E-state index contributed by atoms with van der Waals surface area (Å²) in [5, 5.41) is 9.75. The number of amides is 2. The second kappa shape index (κ2) is 9.73. The smallest absolute Gasteiger partial charge is 0.282 e. The van der Waals surface area contributed by atoms with Crippen LogP contribution in [0.2, 0.25) is 5.02 Å². The van der Waals surface area contributed by atoms with Gasteiger partial charge >= 0.3 is 0 Å². The topological polar surface area (TPSA) is 73.3 Å². The predicted molar refractivity (Wildman–Crippen MR) is 124 cm³/mol. The van der Waals surface area contributed by atoms with Crippen molar-refractivity contribution in [2.45, 2.75) is 6.92 Å². The van der Waals surface area contributed by atoms with Crippen molar-refractivity contribution in [1.82, 2.24) is 9.80 Å². The fraction of sp³-hybridized carbons (Fsp3) is 0.333. The third-order valence-electron chi connectivity index (χ3n) is 5.70. The second-order valence-electron chi connectivity index (χ2n) is 7.66. The molecule has 0 atom stereocenters. The lowest BCUT2D eigenvalue weighted by Gasteiger charge is -2.36. The highest BCUT2D eigenvalue weighted by Gasteiger charge is 2.43. The van der Waals surface area contributed by atoms with E-state index in [1.54, 1.807) is 24.3 Å². The van der Waals surface area contributed by atoms with Crippen LogP contribution in [0, 0.1) is 0 Å². The maximum absolute atomic E-state index is 13.6. The molecule has 0 bridgehead atoms. The van der Waals surface area contributed by atoms with Gasteiger partial charge in [-0.2, -0.15) is 0 Å². The maximum atomic E-state index is 13.6. The Morgan fingerprint density at radius 3 is 2.19 bits per heavy atom. The fourth-order valence-corrected chi connectivity index (χ4v) is 4.24. The molecular weight excluding hydrogens is 430 g/mol. The Labute approximate surface area is 192 Å². The van der Waals surface area contributed by atoms with E-state index in [0.29, 0.717) is 72.6 Å². The number of halogens is 1. The van der Waals surface area contributed by atoms with Crippen molar-refractivity contribution in [2.75, 3.05) is 50.8 Å². The van der Waals surface area contributed by atoms with E-state index in [-0.39, 0.29) is 18.4 Å². The highest BCUT2D eigenvalue weighted by Crippen LogP contribution is 2.36. The summed E-state index contributed by atoms with van der Waals surface area (Å²) in [6, 6.07) is 13.9. The molecule has 2 aromatic rings. The number of nitrogens with zero attached hydrogens (tertiary/aromatic N) is 3. The van der Waals surface area contributed by atoms with Gasteiger partial charge in [0, 0.05) is 37.7 Å².